The van der Waals surface area contributed by atoms with Gasteiger partial charge >= 0.3 is 6.09 Å². The number of hydrogen-bond donors (Lipinski definition) is 3. The van der Waals surface area contributed by atoms with E-state index in [-0.39, 0.29) is 13.2 Å². The number of hydrogen-bond acceptors (Lipinski definition) is 5. The Labute approximate surface area is 182 Å². The Morgan fingerprint density at radius 3 is 2.17 bits per heavy atom. The maximum Gasteiger partial charge on any atom is 0.408 e. The highest BCUT2D eigenvalue weighted by Gasteiger charge is 2.32. The normalized spacial score (nSPS) is 11.9. The van der Waals surface area contributed by atoms with Crippen molar-refractivity contribution in [1.29, 1.82) is 0 Å². The highest BCUT2D eigenvalue weighted by Crippen LogP contribution is 2.19. The minimum absolute atomic E-state index is 0.353. The van der Waals surface area contributed by atoms with E-state index in [1.165, 1.54) is 25.7 Å². The number of aryl methyl sites for hydroxylation is 1. The van der Waals surface area contributed by atoms with Crippen LogP contribution in [0.25, 0.3) is 0 Å². The van der Waals surface area contributed by atoms with Gasteiger partial charge < -0.3 is 25.0 Å². The molecule has 1 aromatic carbocycles. The molecule has 6 heteroatoms. The standard InChI is InChI=1S/C24H41NO5/c1-5-6-7-8-9-17-29-21-14-12-20(13-15-21)11-10-16-24(18-26,19-27)25-22(28)30-23(2,3)4/h12-15,26-27H,5-11,16-19H2,1-4H3,(H,25,28). The lowest BCUT2D eigenvalue weighted by molar-refractivity contribution is 0.0271. The summed E-state index contributed by atoms with van der Waals surface area (Å²) in [6.45, 7) is 7.56. The molecule has 0 unspecified atom stereocenters. The van der Waals surface area contributed by atoms with E-state index in [1.54, 1.807) is 20.8 Å². The third kappa shape index (κ3) is 10.8. The summed E-state index contributed by atoms with van der Waals surface area (Å²) in [6.07, 6.45) is 7.37. The fourth-order valence-corrected chi connectivity index (χ4v) is 3.15. The molecule has 0 aliphatic rings. The molecule has 0 saturated carbocycles. The molecular formula is C24H41NO5. The summed E-state index contributed by atoms with van der Waals surface area (Å²) in [5.74, 6) is 0.876. The predicted molar refractivity (Wildman–Crippen MR) is 120 cm³/mol. The first-order chi connectivity index (χ1) is 14.2. The summed E-state index contributed by atoms with van der Waals surface area (Å²) >= 11 is 0. The number of unbranched alkanes of at least 4 members (excludes halogenated alkanes) is 4. The molecule has 0 heterocycles. The Morgan fingerprint density at radius 2 is 1.60 bits per heavy atom. The maximum atomic E-state index is 12.1. The van der Waals surface area contributed by atoms with E-state index >= 15 is 0 Å². The van der Waals surface area contributed by atoms with Crippen LogP contribution in [0.15, 0.2) is 24.3 Å². The summed E-state index contributed by atoms with van der Waals surface area (Å²) < 4.78 is 11.0. The first-order valence-corrected chi connectivity index (χ1v) is 11.2. The Kier molecular flexibility index (Phi) is 11.8. The number of aliphatic hydroxyl groups is 2. The van der Waals surface area contributed by atoms with Crippen molar-refractivity contribution >= 4 is 6.09 Å². The van der Waals surface area contributed by atoms with Crippen LogP contribution < -0.4 is 10.1 Å². The minimum atomic E-state index is -1.09. The fourth-order valence-electron chi connectivity index (χ4n) is 3.15. The molecule has 0 aliphatic carbocycles. The van der Waals surface area contributed by atoms with Gasteiger partial charge in [0.15, 0.2) is 0 Å². The van der Waals surface area contributed by atoms with Crippen LogP contribution in [0.3, 0.4) is 0 Å². The van der Waals surface area contributed by atoms with Crippen LogP contribution in [0.5, 0.6) is 5.75 Å². The molecule has 0 spiro atoms. The number of ether oxygens (including phenoxy) is 2. The summed E-state index contributed by atoms with van der Waals surface area (Å²) in [5.41, 5.74) is -0.587. The molecule has 0 aliphatic heterocycles. The van der Waals surface area contributed by atoms with Gasteiger partial charge in [0, 0.05) is 0 Å². The minimum Gasteiger partial charge on any atom is -0.494 e. The molecule has 6 nitrogen and oxygen atoms in total. The zero-order valence-corrected chi connectivity index (χ0v) is 19.2. The molecule has 0 bridgehead atoms. The molecule has 0 aromatic heterocycles. The first kappa shape index (κ1) is 26.2. The van der Waals surface area contributed by atoms with E-state index in [1.807, 2.05) is 24.3 Å². The number of nitrogens with one attached hydrogen (secondary N) is 1. The van der Waals surface area contributed by atoms with Gasteiger partial charge in [-0.2, -0.15) is 0 Å². The average molecular weight is 424 g/mol. The lowest BCUT2D eigenvalue weighted by atomic mass is 9.93. The van der Waals surface area contributed by atoms with Gasteiger partial charge in [0.05, 0.1) is 25.4 Å². The Hall–Kier alpha value is -1.79. The SMILES string of the molecule is CCCCCCCOc1ccc(CCCC(CO)(CO)NC(=O)OC(C)(C)C)cc1. The maximum absolute atomic E-state index is 12.1. The van der Waals surface area contributed by atoms with Crippen molar-refractivity contribution in [3.8, 4) is 5.75 Å². The van der Waals surface area contributed by atoms with Crippen molar-refractivity contribution in [2.75, 3.05) is 19.8 Å². The Balaban J connectivity index is 2.43. The molecule has 172 valence electrons. The van der Waals surface area contributed by atoms with E-state index in [0.29, 0.717) is 12.8 Å². The van der Waals surface area contributed by atoms with Crippen LogP contribution in [-0.4, -0.2) is 47.3 Å². The molecule has 0 atom stereocenters. The van der Waals surface area contributed by atoms with E-state index in [9.17, 15) is 15.0 Å². The number of aliphatic hydroxyl groups excluding tert-OH is 2. The smallest absolute Gasteiger partial charge is 0.408 e. The number of alkyl carbamates (subject to hydrolysis) is 1. The highest BCUT2D eigenvalue weighted by molar-refractivity contribution is 5.68. The molecule has 1 aromatic rings. The van der Waals surface area contributed by atoms with E-state index in [2.05, 4.69) is 12.2 Å². The van der Waals surface area contributed by atoms with Gasteiger partial charge in [0.25, 0.3) is 0 Å². The van der Waals surface area contributed by atoms with Crippen molar-refractivity contribution in [1.82, 2.24) is 5.32 Å². The second-order valence-corrected chi connectivity index (χ2v) is 8.98. The van der Waals surface area contributed by atoms with E-state index in [0.717, 1.165) is 30.8 Å². The summed E-state index contributed by atoms with van der Waals surface area (Å²) in [5, 5.41) is 22.2. The number of amides is 1. The molecular weight excluding hydrogens is 382 g/mol. The van der Waals surface area contributed by atoms with Crippen molar-refractivity contribution in [2.45, 2.75) is 90.2 Å². The van der Waals surface area contributed by atoms with Crippen LogP contribution in [0.2, 0.25) is 0 Å². The lowest BCUT2D eigenvalue weighted by Gasteiger charge is -2.32. The topological polar surface area (TPSA) is 88.0 Å². The predicted octanol–water partition coefficient (Wildman–Crippen LogP) is 4.61. The van der Waals surface area contributed by atoms with Crippen molar-refractivity contribution in [3.05, 3.63) is 29.8 Å². The van der Waals surface area contributed by atoms with E-state index < -0.39 is 17.2 Å². The zero-order valence-electron chi connectivity index (χ0n) is 19.2. The average Bonchev–Trinajstić information content (AvgIpc) is 2.69. The van der Waals surface area contributed by atoms with Crippen molar-refractivity contribution < 1.29 is 24.5 Å². The third-order valence-corrected chi connectivity index (χ3v) is 4.93. The third-order valence-electron chi connectivity index (χ3n) is 4.93. The van der Waals surface area contributed by atoms with Gasteiger partial charge in [0.2, 0.25) is 0 Å². The largest absolute Gasteiger partial charge is 0.494 e. The van der Waals surface area contributed by atoms with Gasteiger partial charge in [-0.1, -0.05) is 44.7 Å². The number of benzene rings is 1. The lowest BCUT2D eigenvalue weighted by Crippen LogP contribution is -2.55. The number of carbonyl (C=O) groups excluding carboxylic acids is 1. The van der Waals surface area contributed by atoms with Crippen LogP contribution >= 0.6 is 0 Å². The summed E-state index contributed by atoms with van der Waals surface area (Å²) in [6, 6.07) is 8.03. The molecule has 3 N–H and O–H groups in total. The van der Waals surface area contributed by atoms with Crippen molar-refractivity contribution in [2.24, 2.45) is 0 Å². The van der Waals surface area contributed by atoms with Crippen molar-refractivity contribution in [3.63, 3.8) is 0 Å². The highest BCUT2D eigenvalue weighted by atomic mass is 16.6. The first-order valence-electron chi connectivity index (χ1n) is 11.2. The zero-order chi connectivity index (χ0) is 22.5. The van der Waals surface area contributed by atoms with Gasteiger partial charge in [-0.05, 0) is 64.2 Å². The van der Waals surface area contributed by atoms with Crippen LogP contribution in [0, 0.1) is 0 Å². The van der Waals surface area contributed by atoms with Gasteiger partial charge in [-0.15, -0.1) is 0 Å². The number of rotatable bonds is 14. The molecule has 1 rings (SSSR count). The van der Waals surface area contributed by atoms with Crippen LogP contribution in [0.1, 0.15) is 78.2 Å². The van der Waals surface area contributed by atoms with Crippen LogP contribution in [-0.2, 0) is 11.2 Å². The second kappa shape index (κ2) is 13.5. The molecule has 0 saturated heterocycles. The molecule has 30 heavy (non-hydrogen) atoms. The second-order valence-electron chi connectivity index (χ2n) is 8.98. The quantitative estimate of drug-likeness (QED) is 0.380. The number of carbonyl (C=O) groups is 1. The summed E-state index contributed by atoms with van der Waals surface area (Å²) in [4.78, 5) is 12.1. The fraction of sp³-hybridized carbons (Fsp3) is 0.708. The summed E-state index contributed by atoms with van der Waals surface area (Å²) in [7, 11) is 0. The van der Waals surface area contributed by atoms with E-state index in [4.69, 9.17) is 9.47 Å². The molecule has 1 amide bonds. The molecule has 0 fully saturated rings. The monoisotopic (exact) mass is 423 g/mol. The molecule has 0 radical (unpaired) electrons. The van der Waals surface area contributed by atoms with Gasteiger partial charge in [0.1, 0.15) is 11.4 Å². The van der Waals surface area contributed by atoms with Crippen LogP contribution in [0.4, 0.5) is 4.79 Å². The Morgan fingerprint density at radius 1 is 0.967 bits per heavy atom. The Bertz CT molecular complexity index is 591. The van der Waals surface area contributed by atoms with Gasteiger partial charge in [-0.3, -0.25) is 0 Å². The van der Waals surface area contributed by atoms with Gasteiger partial charge in [-0.25, -0.2) is 4.79 Å².